The Morgan fingerprint density at radius 3 is 1.02 bits per heavy atom. The number of para-hydroxylation sites is 2. The molecule has 0 aliphatic carbocycles. The van der Waals surface area contributed by atoms with E-state index in [-0.39, 0.29) is 91.4 Å². The third-order valence-electron chi connectivity index (χ3n) is 15.9. The lowest BCUT2D eigenvalue weighted by Crippen LogP contribution is -1.91. The van der Waals surface area contributed by atoms with Crippen molar-refractivity contribution < 1.29 is 30.8 Å². The number of fused-ring (bicyclic) bond motifs is 10. The SMILES string of the molecule is [2H]c1c([2H])c([2H])c2c(-c3ccc(-c4ccc(-c5cccc6oc7ccccc7c56)cc4)cc3)c3c([2H])c([2H])c([2H])c([2H])c3c(-c3ccccc3)c2c1[2H].[2H]c1c([2H])c([2H])c2c(-c3cccc4oc5c(-c6ccccc6)cccc5c34)c3c([2H])c([2H])c([2H])c([2H])c3c(-c3ccccc3)c2c1[2H]. The largest absolute Gasteiger partial charge is 0.456 e. The predicted molar refractivity (Wildman–Crippen MR) is 356 cm³/mol. The molecule has 0 radical (unpaired) electrons. The summed E-state index contributed by atoms with van der Waals surface area (Å²) < 4.78 is 155. The minimum absolute atomic E-state index is 0.174. The highest BCUT2D eigenvalue weighted by molar-refractivity contribution is 6.26. The number of hydrogen-bond acceptors (Lipinski definition) is 2. The summed E-state index contributed by atoms with van der Waals surface area (Å²) in [7, 11) is 0. The van der Waals surface area contributed by atoms with E-state index < -0.39 is 48.3 Å². The van der Waals surface area contributed by atoms with Crippen LogP contribution < -0.4 is 0 Å². The molecule has 84 heavy (non-hydrogen) atoms. The van der Waals surface area contributed by atoms with E-state index in [0.29, 0.717) is 61.1 Å². The molecule has 2 aromatic heterocycles. The molecule has 0 N–H and O–H groups in total. The Hall–Kier alpha value is -11.1. The maximum atomic E-state index is 9.24. The van der Waals surface area contributed by atoms with Gasteiger partial charge in [0.15, 0.2) is 0 Å². The number of rotatable bonds is 7. The second-order valence-corrected chi connectivity index (χ2v) is 20.5. The van der Waals surface area contributed by atoms with Crippen molar-refractivity contribution in [3.8, 4) is 77.9 Å². The smallest absolute Gasteiger partial charge is 0.143 e. The standard InChI is InChI=1S/C44H28O.C38H24O/c1-2-11-32(12-3-1)42-35-13-4-6-15-37(35)43(38-16-7-5-14-36(38)42)33-27-23-30(24-28-33)29-21-25-31(26-22-29)34-18-10-20-41-44(34)39-17-8-9-19-40(39)45-41;1-3-13-25(14-4-1)27-21-11-23-33-37-32(22-12-24-34(37)39-38(27)33)36-30-19-9-7-17-28(30)35(26-15-5-2-6-16-26)29-18-8-10-20-31(29)36/h1-28H;1-24H/i4D,5D,6D,7D,13D,14D,15D,16D;7D,8D,9D,10D,17D,18D,19D,20D. The highest BCUT2D eigenvalue weighted by Crippen LogP contribution is 2.49. The summed E-state index contributed by atoms with van der Waals surface area (Å²) in [5.41, 5.74) is 12.2. The van der Waals surface area contributed by atoms with Crippen LogP contribution in [0.25, 0.3) is 165 Å². The Morgan fingerprint density at radius 2 is 0.524 bits per heavy atom. The van der Waals surface area contributed by atoms with E-state index >= 15 is 0 Å². The number of benzene rings is 15. The fraction of sp³-hybridized carbons (Fsp3) is 0. The van der Waals surface area contributed by atoms with Gasteiger partial charge in [0.05, 0.1) is 21.9 Å². The van der Waals surface area contributed by atoms with E-state index in [0.717, 1.165) is 60.7 Å². The fourth-order valence-electron chi connectivity index (χ4n) is 12.2. The average molecular weight is 1090 g/mol. The first-order valence-corrected chi connectivity index (χ1v) is 27.5. The van der Waals surface area contributed by atoms with Crippen LogP contribution >= 0.6 is 0 Å². The van der Waals surface area contributed by atoms with Gasteiger partial charge in [-0.1, -0.05) is 297 Å². The van der Waals surface area contributed by atoms with Gasteiger partial charge in [-0.3, -0.25) is 0 Å². The van der Waals surface area contributed by atoms with Crippen LogP contribution in [0.1, 0.15) is 21.9 Å². The summed E-state index contributed by atoms with van der Waals surface area (Å²) in [6, 6.07) is 63.4. The zero-order valence-electron chi connectivity index (χ0n) is 60.6. The van der Waals surface area contributed by atoms with Gasteiger partial charge < -0.3 is 8.83 Å². The molecule has 0 aliphatic heterocycles. The van der Waals surface area contributed by atoms with E-state index in [1.807, 2.05) is 127 Å². The van der Waals surface area contributed by atoms with E-state index in [1.165, 1.54) is 0 Å². The normalized spacial score (nSPS) is 14.2. The van der Waals surface area contributed by atoms with Crippen LogP contribution in [0.15, 0.2) is 324 Å². The molecule has 0 saturated carbocycles. The van der Waals surface area contributed by atoms with E-state index in [1.54, 1.807) is 54.6 Å². The Labute approximate surface area is 508 Å². The van der Waals surface area contributed by atoms with Gasteiger partial charge in [-0.2, -0.15) is 0 Å². The molecule has 15 aromatic carbocycles. The van der Waals surface area contributed by atoms with Crippen molar-refractivity contribution in [2.24, 2.45) is 0 Å². The Balaban J connectivity index is 0.000000157. The van der Waals surface area contributed by atoms with E-state index in [4.69, 9.17) is 28.0 Å². The molecule has 2 heterocycles. The highest BCUT2D eigenvalue weighted by atomic mass is 16.3. The summed E-state index contributed by atoms with van der Waals surface area (Å²) in [5.74, 6) is 0. The molecule has 0 spiro atoms. The third-order valence-corrected chi connectivity index (χ3v) is 15.9. The van der Waals surface area contributed by atoms with Crippen molar-refractivity contribution in [3.05, 3.63) is 315 Å². The molecule has 2 heteroatoms. The second-order valence-electron chi connectivity index (χ2n) is 20.5. The van der Waals surface area contributed by atoms with Crippen LogP contribution in [0.3, 0.4) is 0 Å². The lowest BCUT2D eigenvalue weighted by molar-refractivity contribution is 0.669. The van der Waals surface area contributed by atoms with Gasteiger partial charge in [0.25, 0.3) is 0 Å². The second kappa shape index (κ2) is 20.5. The Morgan fingerprint density at radius 1 is 0.202 bits per heavy atom. The zero-order chi connectivity index (χ0) is 69.4. The quantitative estimate of drug-likeness (QED) is 0.149. The van der Waals surface area contributed by atoms with E-state index in [9.17, 15) is 2.74 Å². The molecule has 0 bridgehead atoms. The average Bonchev–Trinajstić information content (AvgIpc) is 0.753. The number of hydrogen-bond donors (Lipinski definition) is 0. The monoisotopic (exact) mass is 1080 g/mol. The van der Waals surface area contributed by atoms with Crippen molar-refractivity contribution in [3.63, 3.8) is 0 Å². The van der Waals surface area contributed by atoms with Crippen LogP contribution in [0.4, 0.5) is 0 Å². The van der Waals surface area contributed by atoms with Crippen molar-refractivity contribution in [1.82, 2.24) is 0 Å². The van der Waals surface area contributed by atoms with Crippen molar-refractivity contribution in [1.29, 1.82) is 0 Å². The minimum Gasteiger partial charge on any atom is -0.456 e. The summed E-state index contributed by atoms with van der Waals surface area (Å²) in [4.78, 5) is 0. The van der Waals surface area contributed by atoms with Gasteiger partial charge in [-0.15, -0.1) is 0 Å². The van der Waals surface area contributed by atoms with Crippen LogP contribution in [0, 0.1) is 0 Å². The van der Waals surface area contributed by atoms with Gasteiger partial charge >= 0.3 is 0 Å². The topological polar surface area (TPSA) is 26.3 Å². The molecule has 0 aliphatic rings. The van der Waals surface area contributed by atoms with Crippen LogP contribution in [-0.2, 0) is 0 Å². The summed E-state index contributed by atoms with van der Waals surface area (Å²) >= 11 is 0. The highest BCUT2D eigenvalue weighted by Gasteiger charge is 2.22. The lowest BCUT2D eigenvalue weighted by Gasteiger charge is -2.18. The van der Waals surface area contributed by atoms with Crippen molar-refractivity contribution >= 4 is 87.0 Å². The van der Waals surface area contributed by atoms with Crippen LogP contribution in [0.2, 0.25) is 0 Å². The lowest BCUT2D eigenvalue weighted by atomic mass is 9.85. The Kier molecular flexibility index (Phi) is 8.52. The van der Waals surface area contributed by atoms with Gasteiger partial charge in [-0.05, 0) is 134 Å². The molecule has 17 aromatic rings. The number of furan rings is 2. The Bertz CT molecular complexity index is 6150. The van der Waals surface area contributed by atoms with Gasteiger partial charge in [0.2, 0.25) is 0 Å². The first-order valence-electron chi connectivity index (χ1n) is 35.5. The molecular weight excluding hydrogens is 1020 g/mol. The summed E-state index contributed by atoms with van der Waals surface area (Å²) in [6.07, 6.45) is 0. The molecule has 0 amide bonds. The molecular formula is C82H52O2. The molecule has 0 saturated heterocycles. The molecule has 0 atom stereocenters. The third kappa shape index (κ3) is 8.18. The maximum Gasteiger partial charge on any atom is 0.143 e. The molecule has 392 valence electrons. The minimum atomic E-state index is -0.432. The molecule has 2 nitrogen and oxygen atoms in total. The zero-order valence-corrected chi connectivity index (χ0v) is 44.6. The van der Waals surface area contributed by atoms with Crippen LogP contribution in [0.5, 0.6) is 0 Å². The molecule has 0 unspecified atom stereocenters. The first-order chi connectivity index (χ1) is 48.4. The van der Waals surface area contributed by atoms with Gasteiger partial charge in [0.1, 0.15) is 22.3 Å². The fourth-order valence-corrected chi connectivity index (χ4v) is 12.2. The van der Waals surface area contributed by atoms with Gasteiger partial charge in [-0.25, -0.2) is 0 Å². The van der Waals surface area contributed by atoms with Crippen molar-refractivity contribution in [2.45, 2.75) is 0 Å². The molecule has 17 rings (SSSR count). The predicted octanol–water partition coefficient (Wildman–Crippen LogP) is 23.5. The maximum absolute atomic E-state index is 9.24. The molecule has 0 fully saturated rings. The van der Waals surface area contributed by atoms with Crippen molar-refractivity contribution in [2.75, 3.05) is 0 Å². The summed E-state index contributed by atoms with van der Waals surface area (Å²) in [5, 5.41) is 5.09. The van der Waals surface area contributed by atoms with Crippen LogP contribution in [-0.4, -0.2) is 0 Å². The summed E-state index contributed by atoms with van der Waals surface area (Å²) in [6.45, 7) is 0. The first kappa shape index (κ1) is 34.9. The van der Waals surface area contributed by atoms with E-state index in [2.05, 4.69) is 36.4 Å². The van der Waals surface area contributed by atoms with Gasteiger partial charge in [0, 0.05) is 27.1 Å².